The normalized spacial score (nSPS) is 18.6. The van der Waals surface area contributed by atoms with Crippen LogP contribution in [0, 0.1) is 5.41 Å². The molecule has 19 heavy (non-hydrogen) atoms. The lowest BCUT2D eigenvalue weighted by Crippen LogP contribution is -2.42. The van der Waals surface area contributed by atoms with Gasteiger partial charge in [0.1, 0.15) is 4.60 Å². The van der Waals surface area contributed by atoms with Crippen molar-refractivity contribution in [3.8, 4) is 0 Å². The van der Waals surface area contributed by atoms with Crippen LogP contribution in [0.1, 0.15) is 38.5 Å². The van der Waals surface area contributed by atoms with Crippen molar-refractivity contribution in [3.63, 3.8) is 0 Å². The van der Waals surface area contributed by atoms with Gasteiger partial charge in [-0.2, -0.15) is 0 Å². The average Bonchev–Trinajstić information content (AvgIpc) is 2.67. The van der Waals surface area contributed by atoms with Gasteiger partial charge < -0.3 is 11.1 Å². The first-order valence-corrected chi connectivity index (χ1v) is 7.45. The fourth-order valence-electron chi connectivity index (χ4n) is 2.55. The molecular formula is C13H19BrN4O. The number of anilines is 1. The molecule has 1 saturated carbocycles. The van der Waals surface area contributed by atoms with Gasteiger partial charge in [0.15, 0.2) is 5.82 Å². The van der Waals surface area contributed by atoms with Crippen LogP contribution in [0.4, 0.5) is 5.82 Å². The third-order valence-corrected chi connectivity index (χ3v) is 4.20. The van der Waals surface area contributed by atoms with Gasteiger partial charge in [-0.15, -0.1) is 0 Å². The number of nitrogens with two attached hydrogens (primary N) is 1. The predicted molar refractivity (Wildman–Crippen MR) is 77.6 cm³/mol. The minimum absolute atomic E-state index is 0.0199. The zero-order valence-corrected chi connectivity index (χ0v) is 12.4. The maximum absolute atomic E-state index is 12.5. The van der Waals surface area contributed by atoms with Crippen LogP contribution in [0.5, 0.6) is 0 Å². The number of aromatic nitrogens is 2. The molecule has 1 amide bonds. The molecule has 0 atom stereocenters. The Labute approximate surface area is 121 Å². The van der Waals surface area contributed by atoms with E-state index in [-0.39, 0.29) is 5.91 Å². The van der Waals surface area contributed by atoms with E-state index in [0.29, 0.717) is 17.0 Å². The standard InChI is InChI=1S/C13H19BrN4O/c14-10-7-17-11(8-16-10)18-12(19)13(9-15)5-3-1-2-4-6-13/h7-8H,1-6,9,15H2,(H,17,18,19). The lowest BCUT2D eigenvalue weighted by atomic mass is 9.79. The Bertz CT molecular complexity index is 427. The van der Waals surface area contributed by atoms with E-state index in [0.717, 1.165) is 25.7 Å². The summed E-state index contributed by atoms with van der Waals surface area (Å²) >= 11 is 3.22. The van der Waals surface area contributed by atoms with Crippen LogP contribution in [0.2, 0.25) is 0 Å². The molecule has 0 bridgehead atoms. The van der Waals surface area contributed by atoms with Crippen molar-refractivity contribution >= 4 is 27.7 Å². The highest BCUT2D eigenvalue weighted by Crippen LogP contribution is 2.35. The van der Waals surface area contributed by atoms with Gasteiger partial charge >= 0.3 is 0 Å². The topological polar surface area (TPSA) is 80.9 Å². The second kappa shape index (κ2) is 6.43. The molecule has 0 saturated heterocycles. The van der Waals surface area contributed by atoms with Crippen molar-refractivity contribution in [2.45, 2.75) is 38.5 Å². The monoisotopic (exact) mass is 326 g/mol. The molecule has 0 spiro atoms. The van der Waals surface area contributed by atoms with Crippen molar-refractivity contribution in [2.24, 2.45) is 11.1 Å². The lowest BCUT2D eigenvalue weighted by Gasteiger charge is -2.29. The van der Waals surface area contributed by atoms with Crippen LogP contribution in [-0.4, -0.2) is 22.4 Å². The van der Waals surface area contributed by atoms with Gasteiger partial charge in [0.2, 0.25) is 5.91 Å². The van der Waals surface area contributed by atoms with E-state index in [1.807, 2.05) is 0 Å². The summed E-state index contributed by atoms with van der Waals surface area (Å²) in [5, 5.41) is 2.84. The van der Waals surface area contributed by atoms with Gasteiger partial charge in [0.25, 0.3) is 0 Å². The summed E-state index contributed by atoms with van der Waals surface area (Å²) < 4.78 is 0.647. The van der Waals surface area contributed by atoms with Gasteiger partial charge in [0, 0.05) is 6.54 Å². The second-order valence-corrected chi connectivity index (χ2v) is 5.89. The minimum Gasteiger partial charge on any atom is -0.329 e. The molecule has 2 rings (SSSR count). The molecule has 1 aliphatic rings. The Morgan fingerprint density at radius 1 is 1.26 bits per heavy atom. The first-order valence-electron chi connectivity index (χ1n) is 6.65. The summed E-state index contributed by atoms with van der Waals surface area (Å²) in [6, 6.07) is 0. The molecule has 1 heterocycles. The highest BCUT2D eigenvalue weighted by molar-refractivity contribution is 9.10. The van der Waals surface area contributed by atoms with E-state index >= 15 is 0 Å². The van der Waals surface area contributed by atoms with Gasteiger partial charge in [0.05, 0.1) is 17.8 Å². The summed E-state index contributed by atoms with van der Waals surface area (Å²) in [6.45, 7) is 0.392. The summed E-state index contributed by atoms with van der Waals surface area (Å²) in [6.07, 6.45) is 9.34. The van der Waals surface area contributed by atoms with Crippen molar-refractivity contribution in [1.82, 2.24) is 9.97 Å². The number of rotatable bonds is 3. The highest BCUT2D eigenvalue weighted by atomic mass is 79.9. The molecule has 6 heteroatoms. The molecule has 104 valence electrons. The van der Waals surface area contributed by atoms with E-state index in [1.165, 1.54) is 12.8 Å². The average molecular weight is 327 g/mol. The quantitative estimate of drug-likeness (QED) is 0.836. The molecule has 1 aliphatic carbocycles. The zero-order chi connectivity index (χ0) is 13.7. The Kier molecular flexibility index (Phi) is 4.87. The number of amides is 1. The smallest absolute Gasteiger partial charge is 0.233 e. The number of halogens is 1. The van der Waals surface area contributed by atoms with Gasteiger partial charge in [-0.1, -0.05) is 25.7 Å². The van der Waals surface area contributed by atoms with Crippen LogP contribution < -0.4 is 11.1 Å². The van der Waals surface area contributed by atoms with Crippen LogP contribution in [-0.2, 0) is 4.79 Å². The molecule has 0 aromatic carbocycles. The molecule has 1 aromatic rings. The van der Waals surface area contributed by atoms with Crippen LogP contribution in [0.15, 0.2) is 17.0 Å². The first-order chi connectivity index (χ1) is 9.16. The third-order valence-electron chi connectivity index (χ3n) is 3.80. The Morgan fingerprint density at radius 2 is 1.95 bits per heavy atom. The van der Waals surface area contributed by atoms with Crippen LogP contribution >= 0.6 is 15.9 Å². The van der Waals surface area contributed by atoms with Gasteiger partial charge in [-0.3, -0.25) is 4.79 Å². The van der Waals surface area contributed by atoms with E-state index in [2.05, 4.69) is 31.2 Å². The number of carbonyl (C=O) groups is 1. The number of carbonyl (C=O) groups excluding carboxylic acids is 1. The van der Waals surface area contributed by atoms with Crippen molar-refractivity contribution < 1.29 is 4.79 Å². The Hall–Kier alpha value is -1.01. The number of nitrogens with one attached hydrogen (secondary N) is 1. The maximum atomic E-state index is 12.5. The zero-order valence-electron chi connectivity index (χ0n) is 10.9. The Morgan fingerprint density at radius 3 is 2.47 bits per heavy atom. The molecular weight excluding hydrogens is 308 g/mol. The summed E-state index contributed by atoms with van der Waals surface area (Å²) in [7, 11) is 0. The van der Waals surface area contributed by atoms with Gasteiger partial charge in [-0.25, -0.2) is 9.97 Å². The largest absolute Gasteiger partial charge is 0.329 e. The van der Waals surface area contributed by atoms with Gasteiger partial charge in [-0.05, 0) is 28.8 Å². The fourth-order valence-corrected chi connectivity index (χ4v) is 2.76. The second-order valence-electron chi connectivity index (χ2n) is 5.08. The van der Waals surface area contributed by atoms with E-state index in [4.69, 9.17) is 5.73 Å². The molecule has 1 aromatic heterocycles. The summed E-state index contributed by atoms with van der Waals surface area (Å²) in [4.78, 5) is 20.7. The van der Waals surface area contributed by atoms with E-state index < -0.39 is 5.41 Å². The molecule has 5 nitrogen and oxygen atoms in total. The van der Waals surface area contributed by atoms with Crippen molar-refractivity contribution in [1.29, 1.82) is 0 Å². The molecule has 0 radical (unpaired) electrons. The van der Waals surface area contributed by atoms with E-state index in [9.17, 15) is 4.79 Å². The summed E-state index contributed by atoms with van der Waals surface area (Å²) in [5.41, 5.74) is 5.44. The highest BCUT2D eigenvalue weighted by Gasteiger charge is 2.37. The summed E-state index contributed by atoms with van der Waals surface area (Å²) in [5.74, 6) is 0.457. The van der Waals surface area contributed by atoms with Crippen LogP contribution in [0.25, 0.3) is 0 Å². The Balaban J connectivity index is 2.09. The van der Waals surface area contributed by atoms with E-state index in [1.54, 1.807) is 12.4 Å². The SMILES string of the molecule is NCC1(C(=O)Nc2cnc(Br)cn2)CCCCCC1. The lowest BCUT2D eigenvalue weighted by molar-refractivity contribution is -0.125. The van der Waals surface area contributed by atoms with Crippen LogP contribution in [0.3, 0.4) is 0 Å². The predicted octanol–water partition coefficient (Wildman–Crippen LogP) is 2.48. The number of hydrogen-bond acceptors (Lipinski definition) is 4. The molecule has 0 aliphatic heterocycles. The fraction of sp³-hybridized carbons (Fsp3) is 0.615. The minimum atomic E-state index is -0.439. The third kappa shape index (κ3) is 3.51. The molecule has 0 unspecified atom stereocenters. The number of nitrogens with zero attached hydrogens (tertiary/aromatic N) is 2. The number of hydrogen-bond donors (Lipinski definition) is 2. The molecule has 1 fully saturated rings. The van der Waals surface area contributed by atoms with Crippen molar-refractivity contribution in [2.75, 3.05) is 11.9 Å². The van der Waals surface area contributed by atoms with Crippen molar-refractivity contribution in [3.05, 3.63) is 17.0 Å². The molecule has 3 N–H and O–H groups in total. The maximum Gasteiger partial charge on any atom is 0.233 e. The first kappa shape index (κ1) is 14.4.